The van der Waals surface area contributed by atoms with Crippen molar-refractivity contribution in [2.24, 2.45) is 0 Å². The number of carbonyl (C=O) groups excluding carboxylic acids is 2. The highest BCUT2D eigenvalue weighted by Crippen LogP contribution is 2.33. The Morgan fingerprint density at radius 2 is 1.82 bits per heavy atom. The normalized spacial score (nSPS) is 21.4. The molecule has 146 valence electrons. The third kappa shape index (κ3) is 3.96. The van der Waals surface area contributed by atoms with Crippen LogP contribution in [-0.4, -0.2) is 30.6 Å². The molecule has 0 spiro atoms. The molecule has 1 saturated heterocycles. The van der Waals surface area contributed by atoms with Gasteiger partial charge in [0.1, 0.15) is 18.8 Å². The molecule has 2 aliphatic rings. The largest absolute Gasteiger partial charge is 0.486 e. The molecule has 0 bridgehead atoms. The van der Waals surface area contributed by atoms with Crippen LogP contribution in [0, 0.1) is 0 Å². The van der Waals surface area contributed by atoms with Crippen LogP contribution in [0.3, 0.4) is 0 Å². The molecule has 2 aromatic carbocycles. The zero-order valence-corrected chi connectivity index (χ0v) is 15.7. The fraction of sp³-hybridized carbons (Fsp3) is 0.364. The van der Waals surface area contributed by atoms with E-state index in [9.17, 15) is 9.59 Å². The van der Waals surface area contributed by atoms with Gasteiger partial charge in [0.05, 0.1) is 0 Å². The summed E-state index contributed by atoms with van der Waals surface area (Å²) in [5.41, 5.74) is 0.671. The number of hydrogen-bond acceptors (Lipinski definition) is 4. The van der Waals surface area contributed by atoms with Crippen LogP contribution in [-0.2, 0) is 16.0 Å². The van der Waals surface area contributed by atoms with E-state index in [-0.39, 0.29) is 11.8 Å². The molecule has 2 amide bonds. The van der Waals surface area contributed by atoms with Crippen molar-refractivity contribution in [3.63, 3.8) is 0 Å². The fourth-order valence-electron chi connectivity index (χ4n) is 3.80. The van der Waals surface area contributed by atoms with E-state index in [1.165, 1.54) is 0 Å². The van der Waals surface area contributed by atoms with Gasteiger partial charge in [-0.05, 0) is 30.5 Å². The summed E-state index contributed by atoms with van der Waals surface area (Å²) in [5, 5.41) is 6.00. The van der Waals surface area contributed by atoms with Gasteiger partial charge in [-0.3, -0.25) is 9.59 Å². The second kappa shape index (κ2) is 7.92. The molecule has 2 N–H and O–H groups in total. The SMILES string of the molecule is O=C1CCCCC(Cc2ccccc2)(C(=O)Nc2ccc3c(c2)OCCO3)N1. The molecule has 2 aliphatic heterocycles. The minimum atomic E-state index is -0.970. The number of fused-ring (bicyclic) bond motifs is 1. The number of nitrogens with one attached hydrogen (secondary N) is 2. The van der Waals surface area contributed by atoms with Crippen LogP contribution in [0.5, 0.6) is 11.5 Å². The fourth-order valence-corrected chi connectivity index (χ4v) is 3.80. The van der Waals surface area contributed by atoms with Gasteiger partial charge in [0.25, 0.3) is 0 Å². The van der Waals surface area contributed by atoms with E-state index < -0.39 is 5.54 Å². The maximum atomic E-state index is 13.4. The van der Waals surface area contributed by atoms with Crippen molar-refractivity contribution in [3.8, 4) is 11.5 Å². The molecule has 6 heteroatoms. The predicted octanol–water partition coefficient (Wildman–Crippen LogP) is 3.07. The van der Waals surface area contributed by atoms with Gasteiger partial charge < -0.3 is 20.1 Å². The van der Waals surface area contributed by atoms with Crippen molar-refractivity contribution in [1.29, 1.82) is 0 Å². The molecular weight excluding hydrogens is 356 g/mol. The van der Waals surface area contributed by atoms with E-state index >= 15 is 0 Å². The summed E-state index contributed by atoms with van der Waals surface area (Å²) >= 11 is 0. The number of ether oxygens (including phenoxy) is 2. The number of rotatable bonds is 4. The van der Waals surface area contributed by atoms with Crippen LogP contribution in [0.2, 0.25) is 0 Å². The first-order valence-electron chi connectivity index (χ1n) is 9.71. The molecule has 4 rings (SSSR count). The van der Waals surface area contributed by atoms with Crippen LogP contribution < -0.4 is 20.1 Å². The summed E-state index contributed by atoms with van der Waals surface area (Å²) < 4.78 is 11.1. The molecule has 0 aliphatic carbocycles. The van der Waals surface area contributed by atoms with Gasteiger partial charge in [-0.15, -0.1) is 0 Å². The molecule has 0 saturated carbocycles. The zero-order valence-electron chi connectivity index (χ0n) is 15.7. The summed E-state index contributed by atoms with van der Waals surface area (Å²) in [6.45, 7) is 1.00. The minimum absolute atomic E-state index is 0.0780. The third-order valence-corrected chi connectivity index (χ3v) is 5.22. The van der Waals surface area contributed by atoms with Crippen molar-refractivity contribution in [3.05, 3.63) is 54.1 Å². The number of amides is 2. The number of anilines is 1. The Bertz CT molecular complexity index is 868. The molecule has 1 atom stereocenters. The van der Waals surface area contributed by atoms with E-state index in [0.717, 1.165) is 18.4 Å². The van der Waals surface area contributed by atoms with E-state index in [1.807, 2.05) is 30.3 Å². The van der Waals surface area contributed by atoms with Crippen molar-refractivity contribution in [1.82, 2.24) is 5.32 Å². The maximum absolute atomic E-state index is 13.4. The predicted molar refractivity (Wildman–Crippen MR) is 106 cm³/mol. The molecule has 1 unspecified atom stereocenters. The van der Waals surface area contributed by atoms with E-state index in [1.54, 1.807) is 18.2 Å². The van der Waals surface area contributed by atoms with Crippen LogP contribution in [0.25, 0.3) is 0 Å². The Kier molecular flexibility index (Phi) is 5.19. The Hall–Kier alpha value is -3.02. The summed E-state index contributed by atoms with van der Waals surface area (Å²) in [6.07, 6.45) is 3.12. The summed E-state index contributed by atoms with van der Waals surface area (Å²) in [7, 11) is 0. The Morgan fingerprint density at radius 3 is 2.64 bits per heavy atom. The lowest BCUT2D eigenvalue weighted by Gasteiger charge is -2.32. The molecular formula is C22H24N2O4. The first-order chi connectivity index (χ1) is 13.6. The second-order valence-corrected chi connectivity index (χ2v) is 7.31. The van der Waals surface area contributed by atoms with Crippen LogP contribution in [0.1, 0.15) is 31.2 Å². The molecule has 2 aromatic rings. The first-order valence-corrected chi connectivity index (χ1v) is 9.71. The number of benzene rings is 2. The quantitative estimate of drug-likeness (QED) is 0.855. The van der Waals surface area contributed by atoms with Gasteiger partial charge in [0.2, 0.25) is 11.8 Å². The Balaban J connectivity index is 1.60. The monoisotopic (exact) mass is 380 g/mol. The summed E-state index contributed by atoms with van der Waals surface area (Å²) in [5.74, 6) is 1.01. The average molecular weight is 380 g/mol. The van der Waals surface area contributed by atoms with Crippen molar-refractivity contribution in [2.75, 3.05) is 18.5 Å². The lowest BCUT2D eigenvalue weighted by atomic mass is 9.85. The first kappa shape index (κ1) is 18.3. The molecule has 1 fully saturated rings. The third-order valence-electron chi connectivity index (χ3n) is 5.22. The lowest BCUT2D eigenvalue weighted by molar-refractivity contribution is -0.130. The highest BCUT2D eigenvalue weighted by molar-refractivity contribution is 6.01. The van der Waals surface area contributed by atoms with Crippen LogP contribution in [0.4, 0.5) is 5.69 Å². The maximum Gasteiger partial charge on any atom is 0.250 e. The van der Waals surface area contributed by atoms with Crippen LogP contribution >= 0.6 is 0 Å². The van der Waals surface area contributed by atoms with E-state index in [0.29, 0.717) is 49.7 Å². The molecule has 6 nitrogen and oxygen atoms in total. The van der Waals surface area contributed by atoms with Gasteiger partial charge in [0, 0.05) is 24.6 Å². The molecule has 0 radical (unpaired) electrons. The van der Waals surface area contributed by atoms with Gasteiger partial charge in [0.15, 0.2) is 11.5 Å². The van der Waals surface area contributed by atoms with E-state index in [2.05, 4.69) is 10.6 Å². The molecule has 2 heterocycles. The van der Waals surface area contributed by atoms with E-state index in [4.69, 9.17) is 9.47 Å². The molecule has 0 aromatic heterocycles. The van der Waals surface area contributed by atoms with Gasteiger partial charge in [-0.1, -0.05) is 36.8 Å². The highest BCUT2D eigenvalue weighted by Gasteiger charge is 2.41. The van der Waals surface area contributed by atoms with Gasteiger partial charge in [-0.2, -0.15) is 0 Å². The summed E-state index contributed by atoms with van der Waals surface area (Å²) in [6, 6.07) is 15.1. The Labute approximate surface area is 164 Å². The smallest absolute Gasteiger partial charge is 0.250 e. The standard InChI is InChI=1S/C22H24N2O4/c25-20-8-4-5-11-22(24-20,15-16-6-2-1-3-7-16)21(26)23-17-9-10-18-19(14-17)28-13-12-27-18/h1-3,6-7,9-10,14H,4-5,8,11-13,15H2,(H,23,26)(H,24,25). The van der Waals surface area contributed by atoms with Gasteiger partial charge in [-0.25, -0.2) is 0 Å². The minimum Gasteiger partial charge on any atom is -0.486 e. The van der Waals surface area contributed by atoms with Gasteiger partial charge >= 0.3 is 0 Å². The highest BCUT2D eigenvalue weighted by atomic mass is 16.6. The zero-order chi connectivity index (χ0) is 19.4. The lowest BCUT2D eigenvalue weighted by Crippen LogP contribution is -2.57. The summed E-state index contributed by atoms with van der Waals surface area (Å²) in [4.78, 5) is 25.7. The number of carbonyl (C=O) groups is 2. The second-order valence-electron chi connectivity index (χ2n) is 7.31. The van der Waals surface area contributed by atoms with Crippen molar-refractivity contribution in [2.45, 2.75) is 37.6 Å². The Morgan fingerprint density at radius 1 is 1.04 bits per heavy atom. The van der Waals surface area contributed by atoms with Crippen LogP contribution in [0.15, 0.2) is 48.5 Å². The number of hydrogen-bond donors (Lipinski definition) is 2. The molecule has 28 heavy (non-hydrogen) atoms. The topological polar surface area (TPSA) is 76.7 Å². The average Bonchev–Trinajstić information content (AvgIpc) is 2.90. The van der Waals surface area contributed by atoms with Crippen molar-refractivity contribution < 1.29 is 19.1 Å². The van der Waals surface area contributed by atoms with Crippen molar-refractivity contribution >= 4 is 17.5 Å².